The Morgan fingerprint density at radius 1 is 1.50 bits per heavy atom. The van der Waals surface area contributed by atoms with Crippen LogP contribution in [0.2, 0.25) is 0 Å². The lowest BCUT2D eigenvalue weighted by Gasteiger charge is -2.20. The van der Waals surface area contributed by atoms with Gasteiger partial charge in [0.05, 0.1) is 12.1 Å². The monoisotopic (exact) mass is 246 g/mol. The number of nitrogens with one attached hydrogen (secondary N) is 2. The first-order valence-corrected chi connectivity index (χ1v) is 5.92. The second kappa shape index (κ2) is 4.68. The zero-order valence-electron chi connectivity index (χ0n) is 10.9. The van der Waals surface area contributed by atoms with E-state index < -0.39 is 0 Å². The van der Waals surface area contributed by atoms with Gasteiger partial charge in [-0.3, -0.25) is 4.79 Å². The van der Waals surface area contributed by atoms with Crippen molar-refractivity contribution < 1.29 is 4.79 Å². The summed E-state index contributed by atoms with van der Waals surface area (Å²) in [5.74, 6) is 0.660. The minimum absolute atomic E-state index is 0.0143. The van der Waals surface area contributed by atoms with Crippen molar-refractivity contribution in [1.82, 2.24) is 19.9 Å². The smallest absolute Gasteiger partial charge is 0.253 e. The fourth-order valence-corrected chi connectivity index (χ4v) is 1.61. The highest BCUT2D eigenvalue weighted by Crippen LogP contribution is 2.15. The lowest BCUT2D eigenvalue weighted by Crippen LogP contribution is -2.24. The number of H-pyrrole nitrogens is 1. The number of imidazole rings is 1. The SMILES string of the molecule is CC(C)(C)n1ccc(C(=O)NCc2ncc[nH]2)c1. The van der Waals surface area contributed by atoms with Crippen LogP contribution in [0.1, 0.15) is 37.0 Å². The lowest BCUT2D eigenvalue weighted by atomic mass is 10.1. The fraction of sp³-hybridized carbons (Fsp3) is 0.385. The van der Waals surface area contributed by atoms with Crippen molar-refractivity contribution in [2.45, 2.75) is 32.9 Å². The Balaban J connectivity index is 1.99. The van der Waals surface area contributed by atoms with Gasteiger partial charge in [-0.25, -0.2) is 4.98 Å². The van der Waals surface area contributed by atoms with Crippen molar-refractivity contribution in [2.24, 2.45) is 0 Å². The lowest BCUT2D eigenvalue weighted by molar-refractivity contribution is 0.0950. The maximum absolute atomic E-state index is 11.9. The van der Waals surface area contributed by atoms with Gasteiger partial charge in [-0.2, -0.15) is 0 Å². The van der Waals surface area contributed by atoms with Crippen LogP contribution in [-0.2, 0) is 12.1 Å². The molecular weight excluding hydrogens is 228 g/mol. The molecule has 96 valence electrons. The van der Waals surface area contributed by atoms with Crippen LogP contribution < -0.4 is 5.32 Å². The van der Waals surface area contributed by atoms with Crippen LogP contribution in [0.15, 0.2) is 30.9 Å². The molecule has 2 rings (SSSR count). The second-order valence-electron chi connectivity index (χ2n) is 5.20. The number of amides is 1. The molecule has 0 atom stereocenters. The Kier molecular flexibility index (Phi) is 3.23. The molecule has 0 bridgehead atoms. The van der Waals surface area contributed by atoms with E-state index >= 15 is 0 Å². The third kappa shape index (κ3) is 2.80. The number of nitrogens with zero attached hydrogens (tertiary/aromatic N) is 2. The summed E-state index contributed by atoms with van der Waals surface area (Å²) in [6, 6.07) is 1.82. The summed E-state index contributed by atoms with van der Waals surface area (Å²) in [6.45, 7) is 6.69. The molecule has 0 radical (unpaired) electrons. The molecule has 2 aromatic heterocycles. The highest BCUT2D eigenvalue weighted by atomic mass is 16.1. The van der Waals surface area contributed by atoms with Crippen molar-refractivity contribution >= 4 is 5.91 Å². The van der Waals surface area contributed by atoms with Gasteiger partial charge in [0.15, 0.2) is 0 Å². The molecule has 5 heteroatoms. The molecule has 5 nitrogen and oxygen atoms in total. The molecule has 2 aromatic rings. The predicted octanol–water partition coefficient (Wildman–Crippen LogP) is 1.90. The van der Waals surface area contributed by atoms with Gasteiger partial charge in [0, 0.05) is 30.3 Å². The van der Waals surface area contributed by atoms with Gasteiger partial charge in [0.1, 0.15) is 5.82 Å². The van der Waals surface area contributed by atoms with E-state index in [4.69, 9.17) is 0 Å². The Labute approximate surface area is 106 Å². The molecule has 18 heavy (non-hydrogen) atoms. The number of carbonyl (C=O) groups is 1. The highest BCUT2D eigenvalue weighted by Gasteiger charge is 2.15. The van der Waals surface area contributed by atoms with Crippen LogP contribution in [0.25, 0.3) is 0 Å². The standard InChI is InChI=1S/C13H18N4O/c1-13(2,3)17-7-4-10(9-17)12(18)16-8-11-14-5-6-15-11/h4-7,9H,8H2,1-3H3,(H,14,15)(H,16,18). The zero-order valence-corrected chi connectivity index (χ0v) is 10.9. The van der Waals surface area contributed by atoms with Gasteiger partial charge in [-0.05, 0) is 26.8 Å². The molecule has 0 unspecified atom stereocenters. The van der Waals surface area contributed by atoms with Crippen LogP contribution >= 0.6 is 0 Å². The predicted molar refractivity (Wildman–Crippen MR) is 69.2 cm³/mol. The Bertz CT molecular complexity index is 519. The maximum Gasteiger partial charge on any atom is 0.253 e. The zero-order chi connectivity index (χ0) is 13.2. The van der Waals surface area contributed by atoms with E-state index in [1.54, 1.807) is 12.4 Å². The van der Waals surface area contributed by atoms with Gasteiger partial charge in [-0.15, -0.1) is 0 Å². The first kappa shape index (κ1) is 12.4. The summed E-state index contributed by atoms with van der Waals surface area (Å²) in [7, 11) is 0. The van der Waals surface area contributed by atoms with Crippen molar-refractivity contribution in [3.63, 3.8) is 0 Å². The Morgan fingerprint density at radius 2 is 2.28 bits per heavy atom. The van der Waals surface area contributed by atoms with E-state index in [1.807, 2.05) is 23.0 Å². The molecule has 2 N–H and O–H groups in total. The highest BCUT2D eigenvalue weighted by molar-refractivity contribution is 5.93. The number of aromatic nitrogens is 3. The third-order valence-corrected chi connectivity index (χ3v) is 2.70. The molecular formula is C13H18N4O. The molecule has 0 saturated carbocycles. The molecule has 0 aliphatic carbocycles. The van der Waals surface area contributed by atoms with Gasteiger partial charge < -0.3 is 14.9 Å². The summed E-state index contributed by atoms with van der Waals surface area (Å²) in [6.07, 6.45) is 7.18. The van der Waals surface area contributed by atoms with Crippen molar-refractivity contribution in [3.05, 3.63) is 42.2 Å². The third-order valence-electron chi connectivity index (χ3n) is 2.70. The molecule has 0 spiro atoms. The summed E-state index contributed by atoms with van der Waals surface area (Å²) < 4.78 is 2.02. The van der Waals surface area contributed by atoms with Gasteiger partial charge in [0.25, 0.3) is 5.91 Å². The summed E-state index contributed by atoms with van der Waals surface area (Å²) >= 11 is 0. The van der Waals surface area contributed by atoms with Crippen LogP contribution in [0, 0.1) is 0 Å². The number of hydrogen-bond donors (Lipinski definition) is 2. The van der Waals surface area contributed by atoms with Crippen LogP contribution in [0.5, 0.6) is 0 Å². The van der Waals surface area contributed by atoms with Crippen molar-refractivity contribution in [3.8, 4) is 0 Å². The Morgan fingerprint density at radius 3 is 2.83 bits per heavy atom. The molecule has 2 heterocycles. The summed E-state index contributed by atoms with van der Waals surface area (Å²) in [5.41, 5.74) is 0.649. The van der Waals surface area contributed by atoms with E-state index in [2.05, 4.69) is 36.1 Å². The van der Waals surface area contributed by atoms with Crippen LogP contribution in [0.3, 0.4) is 0 Å². The molecule has 0 aromatic carbocycles. The van der Waals surface area contributed by atoms with Crippen molar-refractivity contribution in [1.29, 1.82) is 0 Å². The summed E-state index contributed by atoms with van der Waals surface area (Å²) in [5, 5.41) is 2.82. The molecule has 0 fully saturated rings. The number of rotatable bonds is 3. The van der Waals surface area contributed by atoms with Gasteiger partial charge in [0.2, 0.25) is 0 Å². The van der Waals surface area contributed by atoms with E-state index in [9.17, 15) is 4.79 Å². The molecule has 0 aliphatic rings. The van der Waals surface area contributed by atoms with Gasteiger partial charge >= 0.3 is 0 Å². The Hall–Kier alpha value is -2.04. The first-order chi connectivity index (χ1) is 8.47. The second-order valence-corrected chi connectivity index (χ2v) is 5.20. The molecule has 0 saturated heterocycles. The normalized spacial score (nSPS) is 11.5. The number of aromatic amines is 1. The van der Waals surface area contributed by atoms with Gasteiger partial charge in [-0.1, -0.05) is 0 Å². The van der Waals surface area contributed by atoms with E-state index in [0.29, 0.717) is 12.1 Å². The number of carbonyl (C=O) groups excluding carboxylic acids is 1. The summed E-state index contributed by atoms with van der Waals surface area (Å²) in [4.78, 5) is 18.9. The quantitative estimate of drug-likeness (QED) is 0.868. The topological polar surface area (TPSA) is 62.7 Å². The van der Waals surface area contributed by atoms with Crippen LogP contribution in [0.4, 0.5) is 0 Å². The fourth-order valence-electron chi connectivity index (χ4n) is 1.61. The maximum atomic E-state index is 11.9. The largest absolute Gasteiger partial charge is 0.348 e. The number of hydrogen-bond acceptors (Lipinski definition) is 2. The minimum atomic E-state index is -0.0885. The van der Waals surface area contributed by atoms with E-state index in [0.717, 1.165) is 5.82 Å². The molecule has 1 amide bonds. The van der Waals surface area contributed by atoms with E-state index in [-0.39, 0.29) is 11.4 Å². The van der Waals surface area contributed by atoms with Crippen molar-refractivity contribution in [2.75, 3.05) is 0 Å². The van der Waals surface area contributed by atoms with E-state index in [1.165, 1.54) is 0 Å². The average Bonchev–Trinajstić information content (AvgIpc) is 2.96. The minimum Gasteiger partial charge on any atom is -0.348 e. The molecule has 0 aliphatic heterocycles. The van der Waals surface area contributed by atoms with Crippen LogP contribution in [-0.4, -0.2) is 20.4 Å². The average molecular weight is 246 g/mol. The first-order valence-electron chi connectivity index (χ1n) is 5.92.